The molecule has 3 aromatic rings. The fraction of sp³-hybridized carbons (Fsp3) is 0.348. The first-order valence-corrected chi connectivity index (χ1v) is 12.4. The Morgan fingerprint density at radius 3 is 2.74 bits per heavy atom. The van der Waals surface area contributed by atoms with Crippen LogP contribution in [0.25, 0.3) is 11.0 Å². The second-order valence-corrected chi connectivity index (χ2v) is 10.3. The number of carbonyl (C=O) groups is 1. The molecule has 1 aromatic carbocycles. The van der Waals surface area contributed by atoms with Gasteiger partial charge in [-0.2, -0.15) is 5.09 Å². The van der Waals surface area contributed by atoms with E-state index in [4.69, 9.17) is 19.5 Å². The second kappa shape index (κ2) is 9.58. The number of fused-ring (bicyclic) bond motifs is 1. The van der Waals surface area contributed by atoms with Crippen molar-refractivity contribution in [3.05, 3.63) is 61.1 Å². The second-order valence-electron chi connectivity index (χ2n) is 8.59. The Morgan fingerprint density at radius 2 is 2.00 bits per heavy atom. The minimum Gasteiger partial charge on any atom is -0.468 e. The first-order chi connectivity index (χ1) is 16.2. The van der Waals surface area contributed by atoms with Gasteiger partial charge < -0.3 is 19.6 Å². The Morgan fingerprint density at radius 1 is 1.24 bits per heavy atom. The standard InChI is InChI=1S/C23H28N5O5P/c1-23(2,22(29)31-3)27-34(30,33-18-7-5-4-6-8-18)32-14-16-9-10-17(13-16)28-12-11-19-20(24)25-15-26-21(19)28/h4-12,15-17H,13-14H2,1-3H3,(H,27,30)(H2,24,25,26)/t16-,17+,34?/m0/s1. The van der Waals surface area contributed by atoms with Crippen LogP contribution in [0, 0.1) is 5.92 Å². The van der Waals surface area contributed by atoms with Crippen molar-refractivity contribution in [1.82, 2.24) is 19.6 Å². The molecule has 2 heterocycles. The molecule has 0 saturated carbocycles. The molecule has 0 aliphatic heterocycles. The maximum absolute atomic E-state index is 13.7. The number of aromatic nitrogens is 3. The van der Waals surface area contributed by atoms with Crippen molar-refractivity contribution in [2.45, 2.75) is 31.8 Å². The molecule has 3 atom stereocenters. The molecule has 3 N–H and O–H groups in total. The van der Waals surface area contributed by atoms with Gasteiger partial charge in [0.25, 0.3) is 0 Å². The minimum absolute atomic E-state index is 0.0302. The number of allylic oxidation sites excluding steroid dienone is 1. The Bertz CT molecular complexity index is 1240. The quantitative estimate of drug-likeness (QED) is 0.263. The molecule has 11 heteroatoms. The lowest BCUT2D eigenvalue weighted by atomic mass is 10.1. The van der Waals surface area contributed by atoms with Gasteiger partial charge in [0.15, 0.2) is 0 Å². The topological polar surface area (TPSA) is 131 Å². The van der Waals surface area contributed by atoms with E-state index in [1.807, 2.05) is 29.0 Å². The summed E-state index contributed by atoms with van der Waals surface area (Å²) in [6, 6.07) is 10.6. The molecule has 0 radical (unpaired) electrons. The van der Waals surface area contributed by atoms with E-state index in [2.05, 4.69) is 21.1 Å². The van der Waals surface area contributed by atoms with Crippen molar-refractivity contribution in [2.75, 3.05) is 19.5 Å². The van der Waals surface area contributed by atoms with E-state index in [0.717, 1.165) is 11.0 Å². The van der Waals surface area contributed by atoms with Crippen molar-refractivity contribution in [2.24, 2.45) is 5.92 Å². The predicted octanol–water partition coefficient (Wildman–Crippen LogP) is 3.88. The van der Waals surface area contributed by atoms with Crippen molar-refractivity contribution in [1.29, 1.82) is 0 Å². The first-order valence-electron chi connectivity index (χ1n) is 10.8. The van der Waals surface area contributed by atoms with E-state index in [-0.39, 0.29) is 18.6 Å². The largest absolute Gasteiger partial charge is 0.468 e. The fourth-order valence-corrected chi connectivity index (χ4v) is 5.61. The molecule has 0 spiro atoms. The summed E-state index contributed by atoms with van der Waals surface area (Å²) in [5.74, 6) is 0.172. The van der Waals surface area contributed by atoms with Gasteiger partial charge in [-0.05, 0) is 38.5 Å². The number of anilines is 1. The van der Waals surface area contributed by atoms with Crippen LogP contribution in [0.1, 0.15) is 26.3 Å². The van der Waals surface area contributed by atoms with E-state index in [1.54, 1.807) is 38.1 Å². The van der Waals surface area contributed by atoms with Crippen LogP contribution < -0.4 is 15.3 Å². The van der Waals surface area contributed by atoms with E-state index in [1.165, 1.54) is 13.4 Å². The zero-order valence-corrected chi connectivity index (χ0v) is 20.1. The first kappa shape index (κ1) is 23.9. The highest BCUT2D eigenvalue weighted by molar-refractivity contribution is 7.52. The van der Waals surface area contributed by atoms with Gasteiger partial charge >= 0.3 is 13.7 Å². The number of benzene rings is 1. The molecular weight excluding hydrogens is 457 g/mol. The van der Waals surface area contributed by atoms with Gasteiger partial charge in [0.2, 0.25) is 0 Å². The molecule has 0 fully saturated rings. The molecule has 0 saturated heterocycles. The third kappa shape index (κ3) is 5.14. The summed E-state index contributed by atoms with van der Waals surface area (Å²) in [6.07, 6.45) is 8.15. The van der Waals surface area contributed by atoms with E-state index in [9.17, 15) is 9.36 Å². The zero-order valence-electron chi connectivity index (χ0n) is 19.2. The summed E-state index contributed by atoms with van der Waals surface area (Å²) in [6.45, 7) is 3.23. The van der Waals surface area contributed by atoms with Gasteiger partial charge in [0, 0.05) is 12.1 Å². The molecule has 0 amide bonds. The molecule has 10 nitrogen and oxygen atoms in total. The number of nitrogen functional groups attached to an aromatic ring is 1. The van der Waals surface area contributed by atoms with E-state index < -0.39 is 19.3 Å². The van der Waals surface area contributed by atoms with Crippen LogP contribution in [0.2, 0.25) is 0 Å². The zero-order chi connectivity index (χ0) is 24.3. The van der Waals surface area contributed by atoms with Crippen LogP contribution in [-0.2, 0) is 18.6 Å². The summed E-state index contributed by atoms with van der Waals surface area (Å²) in [4.78, 5) is 20.6. The number of nitrogens with two attached hydrogens (primary N) is 1. The molecule has 1 unspecified atom stereocenters. The van der Waals surface area contributed by atoms with Crippen LogP contribution in [0.4, 0.5) is 5.82 Å². The summed E-state index contributed by atoms with van der Waals surface area (Å²) in [5, 5.41) is 3.54. The molecule has 1 aliphatic carbocycles. The van der Waals surface area contributed by atoms with Crippen LogP contribution in [0.15, 0.2) is 61.1 Å². The normalized spacial score (nSPS) is 19.7. The lowest BCUT2D eigenvalue weighted by Crippen LogP contribution is -2.46. The number of hydrogen-bond acceptors (Lipinski definition) is 8. The highest BCUT2D eigenvalue weighted by atomic mass is 31.2. The number of nitrogens with one attached hydrogen (secondary N) is 1. The van der Waals surface area contributed by atoms with Crippen LogP contribution in [-0.4, -0.2) is 39.8 Å². The van der Waals surface area contributed by atoms with Crippen LogP contribution in [0.3, 0.4) is 0 Å². The number of methoxy groups -OCH3 is 1. The summed E-state index contributed by atoms with van der Waals surface area (Å²) in [5.41, 5.74) is 5.41. The number of hydrogen-bond donors (Lipinski definition) is 2. The van der Waals surface area contributed by atoms with Gasteiger partial charge in [-0.3, -0.25) is 9.32 Å². The Hall–Kier alpha value is -3.20. The molecule has 2 aromatic heterocycles. The number of ether oxygens (including phenoxy) is 1. The Balaban J connectivity index is 1.47. The fourth-order valence-electron chi connectivity index (χ4n) is 3.88. The number of esters is 1. The smallest absolute Gasteiger partial charge is 0.459 e. The highest BCUT2D eigenvalue weighted by Crippen LogP contribution is 2.47. The Kier molecular flexibility index (Phi) is 6.74. The number of carbonyl (C=O) groups excluding carboxylic acids is 1. The number of para-hydroxylation sites is 1. The summed E-state index contributed by atoms with van der Waals surface area (Å²) < 4.78 is 32.1. The average Bonchev–Trinajstić information content (AvgIpc) is 3.45. The molecule has 1 aliphatic rings. The maximum Gasteiger partial charge on any atom is 0.459 e. The monoisotopic (exact) mass is 485 g/mol. The van der Waals surface area contributed by atoms with Crippen molar-refractivity contribution >= 4 is 30.6 Å². The molecular formula is C23H28N5O5P. The van der Waals surface area contributed by atoms with E-state index in [0.29, 0.717) is 18.0 Å². The molecule has 34 heavy (non-hydrogen) atoms. The molecule has 4 rings (SSSR count). The maximum atomic E-state index is 13.7. The SMILES string of the molecule is COC(=O)C(C)(C)NP(=O)(OC[C@H]1C=C[C@@H](n2ccc3c(N)ncnc32)C1)Oc1ccccc1. The van der Waals surface area contributed by atoms with Crippen molar-refractivity contribution in [3.63, 3.8) is 0 Å². The number of rotatable bonds is 9. The van der Waals surface area contributed by atoms with Crippen molar-refractivity contribution in [3.8, 4) is 5.75 Å². The van der Waals surface area contributed by atoms with Crippen LogP contribution in [0.5, 0.6) is 5.75 Å². The lowest BCUT2D eigenvalue weighted by Gasteiger charge is -2.29. The predicted molar refractivity (Wildman–Crippen MR) is 128 cm³/mol. The van der Waals surface area contributed by atoms with Gasteiger partial charge in [0.1, 0.15) is 29.1 Å². The van der Waals surface area contributed by atoms with Gasteiger partial charge in [0.05, 0.1) is 25.1 Å². The van der Waals surface area contributed by atoms with Gasteiger partial charge in [-0.1, -0.05) is 30.4 Å². The minimum atomic E-state index is -3.94. The lowest BCUT2D eigenvalue weighted by molar-refractivity contribution is -0.146. The molecule has 0 bridgehead atoms. The third-order valence-corrected chi connectivity index (χ3v) is 7.36. The number of nitrogens with zero attached hydrogens (tertiary/aromatic N) is 3. The van der Waals surface area contributed by atoms with E-state index >= 15 is 0 Å². The van der Waals surface area contributed by atoms with Crippen LogP contribution >= 0.6 is 7.75 Å². The third-order valence-electron chi connectivity index (χ3n) is 5.59. The summed E-state index contributed by atoms with van der Waals surface area (Å²) >= 11 is 0. The summed E-state index contributed by atoms with van der Waals surface area (Å²) in [7, 11) is -2.67. The highest BCUT2D eigenvalue weighted by Gasteiger charge is 2.40. The molecule has 180 valence electrons. The Labute approximate surface area is 197 Å². The van der Waals surface area contributed by atoms with Gasteiger partial charge in [-0.25, -0.2) is 14.5 Å². The van der Waals surface area contributed by atoms with Gasteiger partial charge in [-0.15, -0.1) is 0 Å². The van der Waals surface area contributed by atoms with Crippen molar-refractivity contribution < 1.29 is 23.1 Å². The average molecular weight is 485 g/mol.